The molecule has 10 nitrogen and oxygen atoms in total. The van der Waals surface area contributed by atoms with Crippen LogP contribution in [0.15, 0.2) is 18.5 Å². The first-order chi connectivity index (χ1) is 17.8. The lowest BCUT2D eigenvalue weighted by Crippen LogP contribution is -2.47. The zero-order chi connectivity index (χ0) is 26.4. The van der Waals surface area contributed by atoms with Gasteiger partial charge in [0.15, 0.2) is 0 Å². The Morgan fingerprint density at radius 3 is 2.41 bits per heavy atom. The van der Waals surface area contributed by atoms with Crippen LogP contribution >= 0.6 is 0 Å². The summed E-state index contributed by atoms with van der Waals surface area (Å²) in [7, 11) is 0. The lowest BCUT2D eigenvalue weighted by molar-refractivity contribution is -0.144. The molecule has 0 aliphatic carbocycles. The third-order valence-corrected chi connectivity index (χ3v) is 6.73. The van der Waals surface area contributed by atoms with E-state index >= 15 is 0 Å². The number of piperazine rings is 1. The fraction of sp³-hybridized carbons (Fsp3) is 0.583. The van der Waals surface area contributed by atoms with Gasteiger partial charge in [0.1, 0.15) is 17.7 Å². The predicted molar refractivity (Wildman–Crippen MR) is 130 cm³/mol. The summed E-state index contributed by atoms with van der Waals surface area (Å²) in [6, 6.07) is 3.47. The van der Waals surface area contributed by atoms with Gasteiger partial charge in [0.2, 0.25) is 17.6 Å². The van der Waals surface area contributed by atoms with E-state index in [9.17, 15) is 18.0 Å². The number of aromatic nitrogens is 4. The molecular weight excluding hydrogens is 487 g/mol. The van der Waals surface area contributed by atoms with Crippen molar-refractivity contribution in [2.45, 2.75) is 32.4 Å². The molecule has 2 fully saturated rings. The van der Waals surface area contributed by atoms with Gasteiger partial charge in [0.05, 0.1) is 5.92 Å². The smallest absolute Gasteiger partial charge is 0.356 e. The second kappa shape index (κ2) is 11.7. The first kappa shape index (κ1) is 26.5. The highest BCUT2D eigenvalue weighted by atomic mass is 19.4. The number of nitrogens with zero attached hydrogens (tertiary/aromatic N) is 8. The highest BCUT2D eigenvalue weighted by molar-refractivity contribution is 5.79. The average Bonchev–Trinajstić information content (AvgIpc) is 2.92. The van der Waals surface area contributed by atoms with Crippen molar-refractivity contribution >= 4 is 17.5 Å². The van der Waals surface area contributed by atoms with Crippen LogP contribution in [0.1, 0.15) is 37.0 Å². The molecule has 0 saturated carbocycles. The average molecular weight is 518 g/mol. The van der Waals surface area contributed by atoms with Gasteiger partial charge in [-0.2, -0.15) is 18.4 Å². The summed E-state index contributed by atoms with van der Waals surface area (Å²) in [4.78, 5) is 34.2. The second-order valence-corrected chi connectivity index (χ2v) is 9.18. The summed E-state index contributed by atoms with van der Waals surface area (Å²) in [5.41, 5.74) is 0.789. The Morgan fingerprint density at radius 2 is 1.78 bits per heavy atom. The van der Waals surface area contributed by atoms with E-state index in [1.165, 1.54) is 0 Å². The standard InChI is InChI=1S/C24H30F3N9O/c1-2-34-8-10-35(11-9-34)20-12-21(33-23(32-20)24(25,26)27)36-7-3-4-18(16-36)22(37)29-6-5-17-14-30-19(13-28)31-15-17/h12,14-15,18H,2-11,16H2,1H3,(H,29,37)/t18-/m1/s1. The molecule has 37 heavy (non-hydrogen) atoms. The van der Waals surface area contributed by atoms with Gasteiger partial charge in [-0.25, -0.2) is 19.9 Å². The fourth-order valence-corrected chi connectivity index (χ4v) is 4.58. The summed E-state index contributed by atoms with van der Waals surface area (Å²) < 4.78 is 41.0. The molecule has 0 aromatic carbocycles. The van der Waals surface area contributed by atoms with Gasteiger partial charge >= 0.3 is 6.18 Å². The molecule has 2 aromatic rings. The third kappa shape index (κ3) is 6.82. The lowest BCUT2D eigenvalue weighted by Gasteiger charge is -2.36. The number of nitriles is 1. The fourth-order valence-electron chi connectivity index (χ4n) is 4.58. The van der Waals surface area contributed by atoms with Gasteiger partial charge in [-0.1, -0.05) is 6.92 Å². The van der Waals surface area contributed by atoms with Gasteiger partial charge in [0.25, 0.3) is 0 Å². The van der Waals surface area contributed by atoms with E-state index in [-0.39, 0.29) is 35.8 Å². The Labute approximate surface area is 213 Å². The Hall–Kier alpha value is -3.53. The molecule has 4 heterocycles. The molecule has 0 bridgehead atoms. The van der Waals surface area contributed by atoms with Gasteiger partial charge in [-0.05, 0) is 31.4 Å². The first-order valence-electron chi connectivity index (χ1n) is 12.4. The largest absolute Gasteiger partial charge is 0.451 e. The Bertz CT molecular complexity index is 1110. The van der Waals surface area contributed by atoms with Crippen LogP contribution in [0, 0.1) is 17.2 Å². The monoisotopic (exact) mass is 517 g/mol. The van der Waals surface area contributed by atoms with Crippen LogP contribution in [0.25, 0.3) is 0 Å². The van der Waals surface area contributed by atoms with Crippen molar-refractivity contribution in [1.82, 2.24) is 30.2 Å². The van der Waals surface area contributed by atoms with E-state index in [1.54, 1.807) is 23.4 Å². The number of carbonyl (C=O) groups is 1. The predicted octanol–water partition coefficient (Wildman–Crippen LogP) is 1.87. The van der Waals surface area contributed by atoms with E-state index in [2.05, 4.69) is 37.1 Å². The Balaban J connectivity index is 1.41. The zero-order valence-electron chi connectivity index (χ0n) is 20.7. The number of amides is 1. The van der Waals surface area contributed by atoms with E-state index in [0.717, 1.165) is 25.2 Å². The lowest BCUT2D eigenvalue weighted by atomic mass is 9.97. The number of anilines is 2. The van der Waals surface area contributed by atoms with E-state index < -0.39 is 12.0 Å². The Morgan fingerprint density at radius 1 is 1.11 bits per heavy atom. The second-order valence-electron chi connectivity index (χ2n) is 9.18. The normalized spacial score (nSPS) is 18.9. The van der Waals surface area contributed by atoms with Crippen molar-refractivity contribution in [2.75, 3.05) is 62.2 Å². The van der Waals surface area contributed by atoms with Crippen LogP contribution in [0.5, 0.6) is 0 Å². The minimum atomic E-state index is -4.67. The van der Waals surface area contributed by atoms with E-state index in [4.69, 9.17) is 5.26 Å². The molecule has 2 saturated heterocycles. The number of hydrogen-bond donors (Lipinski definition) is 1. The highest BCUT2D eigenvalue weighted by Crippen LogP contribution is 2.32. The molecule has 0 unspecified atom stereocenters. The minimum Gasteiger partial charge on any atom is -0.356 e. The molecular formula is C24H30F3N9O. The summed E-state index contributed by atoms with van der Waals surface area (Å²) in [5.74, 6) is -1.13. The SMILES string of the molecule is CCN1CCN(c2cc(N3CCC[C@@H](C(=O)NCCc4cnc(C#N)nc4)C3)nc(C(F)(F)F)n2)CC1. The molecule has 4 rings (SSSR count). The molecule has 0 radical (unpaired) electrons. The van der Waals surface area contributed by atoms with Crippen molar-refractivity contribution in [2.24, 2.45) is 5.92 Å². The number of rotatable bonds is 7. The molecule has 13 heteroatoms. The molecule has 1 N–H and O–H groups in total. The molecule has 2 aliphatic heterocycles. The third-order valence-electron chi connectivity index (χ3n) is 6.73. The summed E-state index contributed by atoms with van der Waals surface area (Å²) in [6.07, 6.45) is 0.240. The number of hydrogen-bond acceptors (Lipinski definition) is 9. The molecule has 2 aliphatic rings. The Kier molecular flexibility index (Phi) is 8.38. The van der Waals surface area contributed by atoms with Crippen LogP contribution in [-0.4, -0.2) is 83.1 Å². The highest BCUT2D eigenvalue weighted by Gasteiger charge is 2.37. The van der Waals surface area contributed by atoms with Gasteiger partial charge < -0.3 is 20.0 Å². The van der Waals surface area contributed by atoms with Crippen molar-refractivity contribution in [3.05, 3.63) is 35.7 Å². The minimum absolute atomic E-state index is 0.0832. The molecule has 1 atom stereocenters. The van der Waals surface area contributed by atoms with Gasteiger partial charge in [-0.15, -0.1) is 0 Å². The van der Waals surface area contributed by atoms with Crippen LogP contribution < -0.4 is 15.1 Å². The van der Waals surface area contributed by atoms with Crippen LogP contribution in [-0.2, 0) is 17.4 Å². The number of halogens is 3. The topological polar surface area (TPSA) is 114 Å². The van der Waals surface area contributed by atoms with Crippen molar-refractivity contribution in [3.63, 3.8) is 0 Å². The van der Waals surface area contributed by atoms with Crippen molar-refractivity contribution in [1.29, 1.82) is 5.26 Å². The van der Waals surface area contributed by atoms with Crippen LogP contribution in [0.4, 0.5) is 24.8 Å². The maximum absolute atomic E-state index is 13.7. The van der Waals surface area contributed by atoms with Crippen LogP contribution in [0.3, 0.4) is 0 Å². The van der Waals surface area contributed by atoms with Crippen molar-refractivity contribution < 1.29 is 18.0 Å². The quantitative estimate of drug-likeness (QED) is 0.588. The maximum Gasteiger partial charge on any atom is 0.451 e. The number of piperidine rings is 1. The maximum atomic E-state index is 13.7. The summed E-state index contributed by atoms with van der Waals surface area (Å²) >= 11 is 0. The van der Waals surface area contributed by atoms with E-state index in [0.29, 0.717) is 45.4 Å². The van der Waals surface area contributed by atoms with Crippen LogP contribution in [0.2, 0.25) is 0 Å². The first-order valence-corrected chi connectivity index (χ1v) is 12.4. The van der Waals surface area contributed by atoms with Crippen molar-refractivity contribution in [3.8, 4) is 6.07 Å². The number of carbonyl (C=O) groups excluding carboxylic acids is 1. The van der Waals surface area contributed by atoms with E-state index in [1.807, 2.05) is 11.0 Å². The summed E-state index contributed by atoms with van der Waals surface area (Å²) in [6.45, 7) is 6.83. The van der Waals surface area contributed by atoms with Gasteiger partial charge in [-0.3, -0.25) is 4.79 Å². The summed E-state index contributed by atoms with van der Waals surface area (Å²) in [5, 5.41) is 11.7. The number of alkyl halides is 3. The number of likely N-dealkylation sites (N-methyl/N-ethyl adjacent to an activating group) is 1. The molecule has 2 aromatic heterocycles. The zero-order valence-corrected chi connectivity index (χ0v) is 20.7. The molecule has 1 amide bonds. The van der Waals surface area contributed by atoms with Gasteiger partial charge in [0, 0.05) is 64.3 Å². The number of nitrogens with one attached hydrogen (secondary N) is 1. The molecule has 198 valence electrons. The molecule has 0 spiro atoms.